The summed E-state index contributed by atoms with van der Waals surface area (Å²) in [6.45, 7) is 1.72. The second kappa shape index (κ2) is 4.45. The fourth-order valence-corrected chi connectivity index (χ4v) is 1.54. The van der Waals surface area contributed by atoms with Crippen molar-refractivity contribution in [1.82, 2.24) is 0 Å². The number of fused-ring (bicyclic) bond motifs is 1. The van der Waals surface area contributed by atoms with Gasteiger partial charge in [-0.05, 0) is 19.1 Å². The fourth-order valence-electron chi connectivity index (χ4n) is 1.54. The molecule has 0 amide bonds. The minimum atomic E-state index is -1.05. The first-order valence-electron chi connectivity index (χ1n) is 4.44. The summed E-state index contributed by atoms with van der Waals surface area (Å²) in [6, 6.07) is 5.24. The van der Waals surface area contributed by atoms with Crippen molar-refractivity contribution < 1.29 is 19.1 Å². The van der Waals surface area contributed by atoms with Crippen molar-refractivity contribution in [3.63, 3.8) is 0 Å². The maximum absolute atomic E-state index is 10.8. The van der Waals surface area contributed by atoms with E-state index < -0.39 is 5.97 Å². The molecule has 2 aromatic rings. The van der Waals surface area contributed by atoms with E-state index in [1.54, 1.807) is 32.2 Å². The molecule has 0 unspecified atom stereocenters. The van der Waals surface area contributed by atoms with Gasteiger partial charge < -0.3 is 14.3 Å². The molecule has 4 nitrogen and oxygen atoms in total. The van der Waals surface area contributed by atoms with E-state index in [2.05, 4.69) is 0 Å². The zero-order valence-corrected chi connectivity index (χ0v) is 9.63. The minimum Gasteiger partial charge on any atom is -0.497 e. The molecule has 0 bridgehead atoms. The molecule has 0 fully saturated rings. The molecule has 0 aliphatic rings. The van der Waals surface area contributed by atoms with Crippen LogP contribution in [-0.4, -0.2) is 18.2 Å². The van der Waals surface area contributed by atoms with Crippen molar-refractivity contribution in [2.45, 2.75) is 6.92 Å². The predicted molar refractivity (Wildman–Crippen MR) is 61.7 cm³/mol. The van der Waals surface area contributed by atoms with Gasteiger partial charge in [0.1, 0.15) is 11.3 Å². The summed E-state index contributed by atoms with van der Waals surface area (Å²) in [6.07, 6.45) is 0. The largest absolute Gasteiger partial charge is 0.497 e. The average molecular weight is 243 g/mol. The number of carboxylic acids is 1. The lowest BCUT2D eigenvalue weighted by Crippen LogP contribution is -1.94. The molecule has 1 heterocycles. The summed E-state index contributed by atoms with van der Waals surface area (Å²) >= 11 is 0. The van der Waals surface area contributed by atoms with E-state index in [0.29, 0.717) is 16.9 Å². The summed E-state index contributed by atoms with van der Waals surface area (Å²) in [5.41, 5.74) is 1.17. The van der Waals surface area contributed by atoms with Gasteiger partial charge in [0.25, 0.3) is 0 Å². The van der Waals surface area contributed by atoms with E-state index in [4.69, 9.17) is 14.3 Å². The molecule has 0 aliphatic carbocycles. The molecular weight excluding hydrogens is 232 g/mol. The Kier molecular flexibility index (Phi) is 3.44. The molecule has 1 aromatic carbocycles. The summed E-state index contributed by atoms with van der Waals surface area (Å²) in [7, 11) is 1.55. The number of hydrogen-bond acceptors (Lipinski definition) is 3. The lowest BCUT2D eigenvalue weighted by Gasteiger charge is -1.97. The van der Waals surface area contributed by atoms with Crippen molar-refractivity contribution in [3.05, 3.63) is 29.5 Å². The highest BCUT2D eigenvalue weighted by atomic mass is 35.5. The van der Waals surface area contributed by atoms with Crippen molar-refractivity contribution >= 4 is 29.3 Å². The van der Waals surface area contributed by atoms with Gasteiger partial charge in [-0.1, -0.05) is 0 Å². The van der Waals surface area contributed by atoms with E-state index in [0.717, 1.165) is 5.39 Å². The number of hydrogen-bond donors (Lipinski definition) is 1. The Morgan fingerprint density at radius 3 is 2.69 bits per heavy atom. The maximum Gasteiger partial charge on any atom is 0.372 e. The number of ether oxygens (including phenoxy) is 1. The van der Waals surface area contributed by atoms with Gasteiger partial charge in [0.15, 0.2) is 0 Å². The second-order valence-electron chi connectivity index (χ2n) is 3.22. The van der Waals surface area contributed by atoms with Crippen LogP contribution in [0.15, 0.2) is 22.6 Å². The van der Waals surface area contributed by atoms with Gasteiger partial charge >= 0.3 is 5.97 Å². The molecule has 16 heavy (non-hydrogen) atoms. The zero-order valence-electron chi connectivity index (χ0n) is 8.81. The molecule has 0 radical (unpaired) electrons. The Morgan fingerprint density at radius 1 is 1.44 bits per heavy atom. The number of carboxylic acid groups (broad SMARTS) is 1. The third-order valence-electron chi connectivity index (χ3n) is 2.34. The van der Waals surface area contributed by atoms with Crippen LogP contribution in [0.4, 0.5) is 0 Å². The number of carbonyl (C=O) groups is 1. The number of methoxy groups -OCH3 is 1. The van der Waals surface area contributed by atoms with Crippen molar-refractivity contribution in [3.8, 4) is 5.75 Å². The third kappa shape index (κ3) is 1.84. The van der Waals surface area contributed by atoms with Gasteiger partial charge in [-0.15, -0.1) is 12.4 Å². The van der Waals surface area contributed by atoms with Gasteiger partial charge in [-0.2, -0.15) is 0 Å². The molecular formula is C11H11ClO4. The van der Waals surface area contributed by atoms with Crippen LogP contribution in [0.25, 0.3) is 11.0 Å². The van der Waals surface area contributed by atoms with E-state index in [1.807, 2.05) is 0 Å². The van der Waals surface area contributed by atoms with Crippen molar-refractivity contribution in [1.29, 1.82) is 0 Å². The number of aryl methyl sites for hydroxylation is 1. The Labute approximate surface area is 98.2 Å². The lowest BCUT2D eigenvalue weighted by atomic mass is 10.1. The molecule has 86 valence electrons. The highest BCUT2D eigenvalue weighted by Gasteiger charge is 2.16. The van der Waals surface area contributed by atoms with Crippen LogP contribution in [0.3, 0.4) is 0 Å². The SMILES string of the molecule is COc1ccc2c(C)c(C(=O)O)oc2c1.Cl. The minimum absolute atomic E-state index is 0. The number of aromatic carboxylic acids is 1. The monoisotopic (exact) mass is 242 g/mol. The quantitative estimate of drug-likeness (QED) is 0.880. The summed E-state index contributed by atoms with van der Waals surface area (Å²) < 4.78 is 10.2. The van der Waals surface area contributed by atoms with E-state index in [-0.39, 0.29) is 18.2 Å². The second-order valence-corrected chi connectivity index (χ2v) is 3.22. The molecule has 0 saturated carbocycles. The Hall–Kier alpha value is -1.68. The maximum atomic E-state index is 10.8. The van der Waals surface area contributed by atoms with Gasteiger partial charge in [0, 0.05) is 17.0 Å². The molecule has 1 N–H and O–H groups in total. The van der Waals surface area contributed by atoms with Crippen LogP contribution >= 0.6 is 12.4 Å². The smallest absolute Gasteiger partial charge is 0.372 e. The number of furan rings is 1. The van der Waals surface area contributed by atoms with Crippen LogP contribution < -0.4 is 4.74 Å². The number of rotatable bonds is 2. The van der Waals surface area contributed by atoms with Gasteiger partial charge in [0.2, 0.25) is 5.76 Å². The molecule has 0 saturated heterocycles. The highest BCUT2D eigenvalue weighted by molar-refractivity contribution is 5.95. The summed E-state index contributed by atoms with van der Waals surface area (Å²) in [5.74, 6) is -0.422. The van der Waals surface area contributed by atoms with E-state index in [1.165, 1.54) is 0 Å². The number of benzene rings is 1. The van der Waals surface area contributed by atoms with E-state index in [9.17, 15) is 4.79 Å². The average Bonchev–Trinajstić information content (AvgIpc) is 2.55. The predicted octanol–water partition coefficient (Wildman–Crippen LogP) is 2.87. The molecule has 0 spiro atoms. The summed E-state index contributed by atoms with van der Waals surface area (Å²) in [4.78, 5) is 10.8. The van der Waals surface area contributed by atoms with Crippen LogP contribution in [0, 0.1) is 6.92 Å². The van der Waals surface area contributed by atoms with Gasteiger partial charge in [-0.3, -0.25) is 0 Å². The first-order valence-corrected chi connectivity index (χ1v) is 4.44. The zero-order chi connectivity index (χ0) is 11.0. The summed E-state index contributed by atoms with van der Waals surface area (Å²) in [5, 5.41) is 9.67. The lowest BCUT2D eigenvalue weighted by molar-refractivity contribution is 0.0664. The molecule has 0 atom stereocenters. The fraction of sp³-hybridized carbons (Fsp3) is 0.182. The topological polar surface area (TPSA) is 59.7 Å². The number of halogens is 1. The molecule has 1 aromatic heterocycles. The van der Waals surface area contributed by atoms with Crippen molar-refractivity contribution in [2.24, 2.45) is 0 Å². The normalized spacial score (nSPS) is 9.88. The van der Waals surface area contributed by atoms with Crippen LogP contribution in [0.1, 0.15) is 16.1 Å². The van der Waals surface area contributed by atoms with Crippen LogP contribution in [0.2, 0.25) is 0 Å². The first kappa shape index (κ1) is 12.4. The molecule has 0 aliphatic heterocycles. The van der Waals surface area contributed by atoms with Crippen molar-refractivity contribution in [2.75, 3.05) is 7.11 Å². The highest BCUT2D eigenvalue weighted by Crippen LogP contribution is 2.28. The van der Waals surface area contributed by atoms with Gasteiger partial charge in [0.05, 0.1) is 7.11 Å². The third-order valence-corrected chi connectivity index (χ3v) is 2.34. The standard InChI is InChI=1S/C11H10O4.ClH/c1-6-8-4-3-7(14-2)5-9(8)15-10(6)11(12)13;/h3-5H,1-2H3,(H,12,13);1H. The van der Waals surface area contributed by atoms with Crippen LogP contribution in [-0.2, 0) is 0 Å². The molecule has 2 rings (SSSR count). The Morgan fingerprint density at radius 2 is 2.12 bits per heavy atom. The molecule has 5 heteroatoms. The Bertz CT molecular complexity index is 530. The Balaban J connectivity index is 0.00000128. The van der Waals surface area contributed by atoms with Gasteiger partial charge in [-0.25, -0.2) is 4.79 Å². The first-order chi connectivity index (χ1) is 7.13. The van der Waals surface area contributed by atoms with E-state index >= 15 is 0 Å². The van der Waals surface area contributed by atoms with Crippen LogP contribution in [0.5, 0.6) is 5.75 Å².